The summed E-state index contributed by atoms with van der Waals surface area (Å²) >= 11 is 0. The van der Waals surface area contributed by atoms with Crippen molar-refractivity contribution in [2.45, 2.75) is 314 Å². The largest absolute Gasteiger partial charge is 0.394 e. The summed E-state index contributed by atoms with van der Waals surface area (Å²) in [6.07, 6.45) is 55.0. The van der Waals surface area contributed by atoms with E-state index in [-0.39, 0.29) is 12.5 Å². The second-order valence-corrected chi connectivity index (χ2v) is 20.1. The molecule has 0 radical (unpaired) electrons. The number of carbonyl (C=O) groups is 1. The quantitative estimate of drug-likeness (QED) is 0.0261. The van der Waals surface area contributed by atoms with Gasteiger partial charge in [-0.15, -0.1) is 0 Å². The smallest absolute Gasteiger partial charge is 0.220 e. The van der Waals surface area contributed by atoms with E-state index in [1.54, 1.807) is 6.08 Å². The molecule has 0 aromatic heterocycles. The number of aliphatic hydroxyl groups excluding tert-OH is 5. The number of unbranched alkanes of at least 4 members (excludes halogenated alkanes) is 35. The number of amides is 1. The van der Waals surface area contributed by atoms with Crippen LogP contribution in [0.25, 0.3) is 0 Å². The van der Waals surface area contributed by atoms with Gasteiger partial charge in [0.05, 0.1) is 25.4 Å². The molecular formula is C58H109NO8. The Morgan fingerprint density at radius 2 is 0.881 bits per heavy atom. The molecular weight excluding hydrogens is 839 g/mol. The first-order valence-electron chi connectivity index (χ1n) is 28.7. The van der Waals surface area contributed by atoms with E-state index in [1.165, 1.54) is 205 Å². The Bertz CT molecular complexity index is 1150. The van der Waals surface area contributed by atoms with E-state index >= 15 is 0 Å². The molecule has 7 unspecified atom stereocenters. The lowest BCUT2D eigenvalue weighted by Gasteiger charge is -2.40. The van der Waals surface area contributed by atoms with Crippen LogP contribution < -0.4 is 5.32 Å². The summed E-state index contributed by atoms with van der Waals surface area (Å²) in [5.41, 5.74) is 0. The second-order valence-electron chi connectivity index (χ2n) is 20.1. The van der Waals surface area contributed by atoms with Crippen LogP contribution in [0.4, 0.5) is 0 Å². The lowest BCUT2D eigenvalue weighted by Crippen LogP contribution is -2.60. The Morgan fingerprint density at radius 3 is 1.28 bits per heavy atom. The van der Waals surface area contributed by atoms with Crippen molar-refractivity contribution in [1.29, 1.82) is 0 Å². The average Bonchev–Trinajstić information content (AvgIpc) is 3.33. The van der Waals surface area contributed by atoms with Crippen molar-refractivity contribution in [3.8, 4) is 0 Å². The predicted octanol–water partition coefficient (Wildman–Crippen LogP) is 14.0. The van der Waals surface area contributed by atoms with Gasteiger partial charge < -0.3 is 40.3 Å². The molecule has 6 N–H and O–H groups in total. The fourth-order valence-corrected chi connectivity index (χ4v) is 9.13. The zero-order chi connectivity index (χ0) is 48.7. The van der Waals surface area contributed by atoms with Gasteiger partial charge in [0.15, 0.2) is 6.29 Å². The van der Waals surface area contributed by atoms with Crippen LogP contribution in [-0.4, -0.2) is 87.5 Å². The molecule has 67 heavy (non-hydrogen) atoms. The van der Waals surface area contributed by atoms with Crippen molar-refractivity contribution in [3.63, 3.8) is 0 Å². The number of hydrogen-bond acceptors (Lipinski definition) is 8. The van der Waals surface area contributed by atoms with Crippen molar-refractivity contribution in [2.24, 2.45) is 0 Å². The van der Waals surface area contributed by atoms with Crippen molar-refractivity contribution < 1.29 is 39.8 Å². The van der Waals surface area contributed by atoms with Crippen molar-refractivity contribution >= 4 is 5.91 Å². The molecule has 9 nitrogen and oxygen atoms in total. The lowest BCUT2D eigenvalue weighted by molar-refractivity contribution is -0.302. The zero-order valence-electron chi connectivity index (χ0n) is 43.7. The highest BCUT2D eigenvalue weighted by Gasteiger charge is 2.44. The summed E-state index contributed by atoms with van der Waals surface area (Å²) in [7, 11) is 0. The van der Waals surface area contributed by atoms with Gasteiger partial charge in [0.2, 0.25) is 5.91 Å². The molecule has 1 heterocycles. The van der Waals surface area contributed by atoms with Gasteiger partial charge in [-0.2, -0.15) is 0 Å². The standard InChI is InChI=1S/C58H109NO8/c1-3-5-7-9-11-13-15-17-19-20-21-22-23-24-25-26-27-28-29-30-31-32-34-36-38-40-42-44-46-48-54(62)59-51(50-66-58-57(65)56(64)55(63)53(49-60)67-58)52(61)47-45-43-41-39-37-35-33-18-16-14-12-10-8-6-4-2/h15,17,20-21,45,47,51-53,55-58,60-61,63-65H,3-14,16,18-19,22-44,46,48-50H2,1-2H3,(H,59,62)/b17-15-,21-20-,47-45+. The van der Waals surface area contributed by atoms with E-state index in [1.807, 2.05) is 6.08 Å². The highest BCUT2D eigenvalue weighted by Crippen LogP contribution is 2.23. The van der Waals surface area contributed by atoms with Crippen molar-refractivity contribution in [1.82, 2.24) is 5.32 Å². The van der Waals surface area contributed by atoms with Gasteiger partial charge in [-0.25, -0.2) is 0 Å². The SMILES string of the molecule is CCCCCCC/C=C\C/C=C\CCCCCCCCCCCCCCCCCCCC(=O)NC(COC1OC(CO)C(O)C(O)C1O)C(O)/C=C/CCCCCCCCCCCCCCC. The fourth-order valence-electron chi connectivity index (χ4n) is 9.13. The summed E-state index contributed by atoms with van der Waals surface area (Å²) in [6, 6.07) is -0.803. The molecule has 1 saturated heterocycles. The number of nitrogens with one attached hydrogen (secondary N) is 1. The fraction of sp³-hybridized carbons (Fsp3) is 0.879. The third kappa shape index (κ3) is 37.9. The van der Waals surface area contributed by atoms with Gasteiger partial charge in [0.1, 0.15) is 24.4 Å². The van der Waals surface area contributed by atoms with E-state index in [0.29, 0.717) is 6.42 Å². The maximum Gasteiger partial charge on any atom is 0.220 e. The Kier molecular flexibility index (Phi) is 45.5. The van der Waals surface area contributed by atoms with Gasteiger partial charge in [0, 0.05) is 6.42 Å². The minimum atomic E-state index is -1.57. The van der Waals surface area contributed by atoms with Crippen molar-refractivity contribution in [2.75, 3.05) is 13.2 Å². The number of rotatable bonds is 49. The predicted molar refractivity (Wildman–Crippen MR) is 281 cm³/mol. The molecule has 1 fully saturated rings. The van der Waals surface area contributed by atoms with E-state index in [9.17, 15) is 30.3 Å². The number of ether oxygens (including phenoxy) is 2. The van der Waals surface area contributed by atoms with Crippen LogP contribution in [0.2, 0.25) is 0 Å². The molecule has 0 aliphatic carbocycles. The molecule has 1 amide bonds. The van der Waals surface area contributed by atoms with E-state index in [2.05, 4.69) is 43.5 Å². The molecule has 0 aromatic carbocycles. The summed E-state index contributed by atoms with van der Waals surface area (Å²) in [5, 5.41) is 54.4. The Labute approximate surface area is 412 Å². The zero-order valence-corrected chi connectivity index (χ0v) is 43.7. The first-order valence-corrected chi connectivity index (χ1v) is 28.7. The summed E-state index contributed by atoms with van der Waals surface area (Å²) < 4.78 is 11.3. The Balaban J connectivity index is 2.17. The van der Waals surface area contributed by atoms with Crippen LogP contribution in [0, 0.1) is 0 Å². The maximum atomic E-state index is 13.0. The molecule has 0 aromatic rings. The molecule has 9 heteroatoms. The van der Waals surface area contributed by atoms with Crippen LogP contribution in [0.3, 0.4) is 0 Å². The molecule has 7 atom stereocenters. The molecule has 394 valence electrons. The van der Waals surface area contributed by atoms with Crippen LogP contribution in [0.15, 0.2) is 36.5 Å². The summed E-state index contributed by atoms with van der Waals surface area (Å²) in [6.45, 7) is 3.79. The lowest BCUT2D eigenvalue weighted by atomic mass is 9.99. The maximum absolute atomic E-state index is 13.0. The Hall–Kier alpha value is -1.59. The van der Waals surface area contributed by atoms with Gasteiger partial charge in [0.25, 0.3) is 0 Å². The minimum absolute atomic E-state index is 0.174. The summed E-state index contributed by atoms with van der Waals surface area (Å²) in [4.78, 5) is 13.0. The first kappa shape index (κ1) is 63.4. The number of carbonyl (C=O) groups excluding carboxylic acids is 1. The molecule has 0 bridgehead atoms. The number of aliphatic hydroxyl groups is 5. The molecule has 0 spiro atoms. The highest BCUT2D eigenvalue weighted by molar-refractivity contribution is 5.76. The molecule has 1 rings (SSSR count). The third-order valence-corrected chi connectivity index (χ3v) is 13.7. The molecule has 0 saturated carbocycles. The monoisotopic (exact) mass is 948 g/mol. The van der Waals surface area contributed by atoms with E-state index in [0.717, 1.165) is 44.9 Å². The van der Waals surface area contributed by atoms with Gasteiger partial charge in [-0.1, -0.05) is 249 Å². The number of hydrogen-bond donors (Lipinski definition) is 6. The molecule has 1 aliphatic heterocycles. The van der Waals surface area contributed by atoms with Crippen LogP contribution >= 0.6 is 0 Å². The minimum Gasteiger partial charge on any atom is -0.394 e. The van der Waals surface area contributed by atoms with Gasteiger partial charge in [-0.3, -0.25) is 4.79 Å². The molecule has 1 aliphatic rings. The summed E-state index contributed by atoms with van der Waals surface area (Å²) in [5.74, 6) is -0.174. The van der Waals surface area contributed by atoms with Gasteiger partial charge in [-0.05, 0) is 51.4 Å². The van der Waals surface area contributed by atoms with E-state index < -0.39 is 49.5 Å². The van der Waals surface area contributed by atoms with Crippen molar-refractivity contribution in [3.05, 3.63) is 36.5 Å². The third-order valence-electron chi connectivity index (χ3n) is 13.7. The van der Waals surface area contributed by atoms with Crippen LogP contribution in [0.5, 0.6) is 0 Å². The topological polar surface area (TPSA) is 149 Å². The first-order chi connectivity index (χ1) is 32.8. The van der Waals surface area contributed by atoms with Gasteiger partial charge >= 0.3 is 0 Å². The normalized spacial score (nSPS) is 19.9. The Morgan fingerprint density at radius 1 is 0.507 bits per heavy atom. The van der Waals surface area contributed by atoms with E-state index in [4.69, 9.17) is 9.47 Å². The average molecular weight is 949 g/mol. The van der Waals surface area contributed by atoms with Crippen LogP contribution in [0.1, 0.15) is 271 Å². The van der Waals surface area contributed by atoms with Crippen LogP contribution in [-0.2, 0) is 14.3 Å². The second kappa shape index (κ2) is 48.1. The number of allylic oxidation sites excluding steroid dienone is 5. The highest BCUT2D eigenvalue weighted by atomic mass is 16.7.